The second-order valence-corrected chi connectivity index (χ2v) is 8.09. The molecule has 0 unspecified atom stereocenters. The van der Waals surface area contributed by atoms with Gasteiger partial charge in [0, 0.05) is 58.3 Å². The summed E-state index contributed by atoms with van der Waals surface area (Å²) in [6.45, 7) is 6.52. The van der Waals surface area contributed by atoms with Crippen molar-refractivity contribution in [1.82, 2.24) is 24.6 Å². The highest BCUT2D eigenvalue weighted by Crippen LogP contribution is 2.29. The minimum Gasteiger partial charge on any atom is -0.495 e. The van der Waals surface area contributed by atoms with E-state index in [0.717, 1.165) is 64.4 Å². The average Bonchev–Trinajstić information content (AvgIpc) is 3.33. The minimum atomic E-state index is 0.271. The number of piperazine rings is 1. The molecule has 2 aliphatic rings. The second-order valence-electron chi connectivity index (χ2n) is 8.09. The molecule has 0 spiro atoms. The van der Waals surface area contributed by atoms with E-state index in [9.17, 15) is 4.79 Å². The summed E-state index contributed by atoms with van der Waals surface area (Å²) in [5.41, 5.74) is 1.17. The van der Waals surface area contributed by atoms with Crippen LogP contribution < -0.4 is 9.64 Å². The Labute approximate surface area is 178 Å². The molecular formula is C22H32N6O2. The van der Waals surface area contributed by atoms with Gasteiger partial charge in [0.15, 0.2) is 0 Å². The van der Waals surface area contributed by atoms with Gasteiger partial charge >= 0.3 is 0 Å². The van der Waals surface area contributed by atoms with Crippen molar-refractivity contribution in [2.45, 2.75) is 38.3 Å². The lowest BCUT2D eigenvalue weighted by molar-refractivity contribution is -0.133. The van der Waals surface area contributed by atoms with Crippen LogP contribution in [0.4, 0.5) is 5.69 Å². The molecule has 2 aliphatic heterocycles. The molecular weight excluding hydrogens is 380 g/mol. The summed E-state index contributed by atoms with van der Waals surface area (Å²) in [5, 5.41) is 4.10. The highest BCUT2D eigenvalue weighted by Gasteiger charge is 2.30. The number of carbonyl (C=O) groups is 1. The Hall–Kier alpha value is -2.61. The number of rotatable bonds is 7. The molecule has 8 nitrogen and oxygen atoms in total. The number of methoxy groups -OCH3 is 1. The Morgan fingerprint density at radius 2 is 2.00 bits per heavy atom. The van der Waals surface area contributed by atoms with Crippen molar-refractivity contribution >= 4 is 11.6 Å². The maximum absolute atomic E-state index is 12.7. The van der Waals surface area contributed by atoms with Gasteiger partial charge in [0.05, 0.1) is 12.8 Å². The van der Waals surface area contributed by atoms with Gasteiger partial charge in [0.25, 0.3) is 0 Å². The van der Waals surface area contributed by atoms with Gasteiger partial charge in [-0.15, -0.1) is 0 Å². The van der Waals surface area contributed by atoms with E-state index in [4.69, 9.17) is 4.74 Å². The summed E-state index contributed by atoms with van der Waals surface area (Å²) < 4.78 is 7.31. The maximum Gasteiger partial charge on any atom is 0.222 e. The summed E-state index contributed by atoms with van der Waals surface area (Å²) in [6, 6.07) is 8.71. The molecule has 1 amide bonds. The molecule has 2 aromatic rings. The first-order valence-corrected chi connectivity index (χ1v) is 11.0. The zero-order valence-corrected chi connectivity index (χ0v) is 17.8. The van der Waals surface area contributed by atoms with Crippen LogP contribution in [0.25, 0.3) is 0 Å². The molecule has 0 saturated carbocycles. The standard InChI is InChI=1S/C22H32N6O2/c1-30-21-8-3-2-7-20(21)26-14-12-25(13-15-26)19-6-4-10-27(16-19)22(29)9-5-11-28-18-23-17-24-28/h2-3,7-8,17-19H,4-6,9-16H2,1H3/t19-/m0/s1. The zero-order chi connectivity index (χ0) is 20.8. The number of aryl methyl sites for hydroxylation is 1. The number of anilines is 1. The number of piperidine rings is 1. The van der Waals surface area contributed by atoms with Crippen molar-refractivity contribution < 1.29 is 9.53 Å². The topological polar surface area (TPSA) is 66.7 Å². The van der Waals surface area contributed by atoms with Gasteiger partial charge in [-0.05, 0) is 31.4 Å². The Balaban J connectivity index is 1.25. The van der Waals surface area contributed by atoms with Crippen LogP contribution in [0.1, 0.15) is 25.7 Å². The fourth-order valence-corrected chi connectivity index (χ4v) is 4.60. The lowest BCUT2D eigenvalue weighted by Gasteiger charge is -2.44. The van der Waals surface area contributed by atoms with E-state index in [2.05, 4.69) is 36.9 Å². The molecule has 2 saturated heterocycles. The van der Waals surface area contributed by atoms with Gasteiger partial charge in [-0.1, -0.05) is 12.1 Å². The lowest BCUT2D eigenvalue weighted by Crippen LogP contribution is -2.55. The van der Waals surface area contributed by atoms with Crippen LogP contribution >= 0.6 is 0 Å². The Kier molecular flexibility index (Phi) is 6.84. The SMILES string of the molecule is COc1ccccc1N1CCN([C@H]2CCCN(C(=O)CCCn3cncn3)C2)CC1. The van der Waals surface area contributed by atoms with E-state index in [0.29, 0.717) is 12.5 Å². The third-order valence-electron chi connectivity index (χ3n) is 6.25. The van der Waals surface area contributed by atoms with Gasteiger partial charge in [-0.2, -0.15) is 5.10 Å². The molecule has 2 fully saturated rings. The number of hydrogen-bond acceptors (Lipinski definition) is 6. The van der Waals surface area contributed by atoms with E-state index in [1.54, 1.807) is 18.1 Å². The van der Waals surface area contributed by atoms with E-state index in [1.807, 2.05) is 12.1 Å². The smallest absolute Gasteiger partial charge is 0.222 e. The summed E-state index contributed by atoms with van der Waals surface area (Å²) in [7, 11) is 1.73. The molecule has 1 aromatic carbocycles. The van der Waals surface area contributed by atoms with Gasteiger partial charge in [-0.25, -0.2) is 4.98 Å². The maximum atomic E-state index is 12.7. The van der Waals surface area contributed by atoms with Crippen LogP contribution in [0.15, 0.2) is 36.9 Å². The van der Waals surface area contributed by atoms with Gasteiger partial charge in [0.2, 0.25) is 5.91 Å². The zero-order valence-electron chi connectivity index (χ0n) is 17.8. The van der Waals surface area contributed by atoms with Gasteiger partial charge in [0.1, 0.15) is 18.4 Å². The van der Waals surface area contributed by atoms with Crippen LogP contribution in [0.3, 0.4) is 0 Å². The third-order valence-corrected chi connectivity index (χ3v) is 6.25. The van der Waals surface area contributed by atoms with Crippen LogP contribution in [-0.2, 0) is 11.3 Å². The normalized spacial score (nSPS) is 20.4. The fraction of sp³-hybridized carbons (Fsp3) is 0.591. The summed E-state index contributed by atoms with van der Waals surface area (Å²) >= 11 is 0. The molecule has 4 rings (SSSR count). The van der Waals surface area contributed by atoms with Crippen molar-refractivity contribution in [3.8, 4) is 5.75 Å². The van der Waals surface area contributed by atoms with Crippen LogP contribution in [0, 0.1) is 0 Å². The predicted octanol–water partition coefficient (Wildman–Crippen LogP) is 1.88. The summed E-state index contributed by atoms with van der Waals surface area (Å²) in [5.74, 6) is 1.21. The number of para-hydroxylation sites is 2. The van der Waals surface area contributed by atoms with E-state index in [1.165, 1.54) is 18.4 Å². The highest BCUT2D eigenvalue weighted by atomic mass is 16.5. The first-order valence-electron chi connectivity index (χ1n) is 11.0. The molecule has 3 heterocycles. The summed E-state index contributed by atoms with van der Waals surface area (Å²) in [4.78, 5) is 23.7. The van der Waals surface area contributed by atoms with Crippen molar-refractivity contribution in [3.63, 3.8) is 0 Å². The van der Waals surface area contributed by atoms with Gasteiger partial charge in [-0.3, -0.25) is 14.4 Å². The molecule has 30 heavy (non-hydrogen) atoms. The Bertz CT molecular complexity index is 804. The first kappa shape index (κ1) is 20.7. The van der Waals surface area contributed by atoms with Crippen LogP contribution in [0.2, 0.25) is 0 Å². The van der Waals surface area contributed by atoms with E-state index in [-0.39, 0.29) is 5.91 Å². The van der Waals surface area contributed by atoms with E-state index < -0.39 is 0 Å². The number of ether oxygens (including phenoxy) is 1. The molecule has 0 radical (unpaired) electrons. The van der Waals surface area contributed by atoms with Crippen LogP contribution in [0.5, 0.6) is 5.75 Å². The number of aromatic nitrogens is 3. The van der Waals surface area contributed by atoms with E-state index >= 15 is 0 Å². The predicted molar refractivity (Wildman–Crippen MR) is 116 cm³/mol. The minimum absolute atomic E-state index is 0.271. The molecule has 0 bridgehead atoms. The summed E-state index contributed by atoms with van der Waals surface area (Å²) in [6.07, 6.45) is 6.88. The molecule has 0 N–H and O–H groups in total. The number of amides is 1. The fourth-order valence-electron chi connectivity index (χ4n) is 4.60. The quantitative estimate of drug-likeness (QED) is 0.692. The number of nitrogens with zero attached hydrogens (tertiary/aromatic N) is 6. The van der Waals surface area contributed by atoms with Crippen molar-refractivity contribution in [2.75, 3.05) is 51.3 Å². The second kappa shape index (κ2) is 9.93. The largest absolute Gasteiger partial charge is 0.495 e. The van der Waals surface area contributed by atoms with Crippen LogP contribution in [-0.4, -0.2) is 82.9 Å². The lowest BCUT2D eigenvalue weighted by atomic mass is 10.0. The number of hydrogen-bond donors (Lipinski definition) is 0. The highest BCUT2D eigenvalue weighted by molar-refractivity contribution is 5.76. The molecule has 1 atom stereocenters. The van der Waals surface area contributed by atoms with Gasteiger partial charge < -0.3 is 14.5 Å². The monoisotopic (exact) mass is 412 g/mol. The number of likely N-dealkylation sites (tertiary alicyclic amines) is 1. The first-order chi connectivity index (χ1) is 14.7. The number of benzene rings is 1. The molecule has 162 valence electrons. The average molecular weight is 413 g/mol. The molecule has 8 heteroatoms. The Morgan fingerprint density at radius 1 is 1.17 bits per heavy atom. The van der Waals surface area contributed by atoms with Crippen molar-refractivity contribution in [3.05, 3.63) is 36.9 Å². The molecule has 1 aromatic heterocycles. The number of carbonyl (C=O) groups excluding carboxylic acids is 1. The van der Waals surface area contributed by atoms with Crippen molar-refractivity contribution in [2.24, 2.45) is 0 Å². The molecule has 0 aliphatic carbocycles. The Morgan fingerprint density at radius 3 is 2.77 bits per heavy atom. The third kappa shape index (κ3) is 4.92. The van der Waals surface area contributed by atoms with Crippen molar-refractivity contribution in [1.29, 1.82) is 0 Å².